The highest BCUT2D eigenvalue weighted by atomic mass is 19.1. The Kier molecular flexibility index (Phi) is 21.4. The van der Waals surface area contributed by atoms with Gasteiger partial charge in [0.05, 0.1) is 12.1 Å². The number of nitrogens with one attached hydrogen (secondary N) is 4. The van der Waals surface area contributed by atoms with Gasteiger partial charge in [-0.1, -0.05) is 87.1 Å². The number of likely N-dealkylation sites (tertiary alicyclic amines) is 2. The van der Waals surface area contributed by atoms with Crippen molar-refractivity contribution in [2.45, 2.75) is 153 Å². The van der Waals surface area contributed by atoms with E-state index in [0.717, 1.165) is 99.3 Å². The Morgan fingerprint density at radius 1 is 0.487 bits per heavy atom. The molecule has 0 unspecified atom stereocenters. The van der Waals surface area contributed by atoms with Crippen molar-refractivity contribution in [3.63, 3.8) is 0 Å². The molecule has 2 saturated heterocycles. The quantitative estimate of drug-likeness (QED) is 0.0577. The molecule has 6 amide bonds. The Bertz CT molecular complexity index is 2510. The molecule has 2 heterocycles. The molecule has 0 aromatic heterocycles. The molecule has 6 atom stereocenters. The van der Waals surface area contributed by atoms with Gasteiger partial charge in [0, 0.05) is 62.5 Å². The maximum Gasteiger partial charge on any atom is 0.253 e. The van der Waals surface area contributed by atoms with E-state index in [-0.39, 0.29) is 71.0 Å². The number of rotatable bonds is 23. The number of carbonyl (C=O) groups excluding carboxylic acids is 6. The fraction of sp³-hybridized carbons (Fsp3) is 0.531. The van der Waals surface area contributed by atoms with Crippen LogP contribution in [0.5, 0.6) is 0 Å². The first-order valence-electron chi connectivity index (χ1n) is 29.6. The highest BCUT2D eigenvalue weighted by Gasteiger charge is 2.41. The molecule has 14 nitrogen and oxygen atoms in total. The van der Waals surface area contributed by atoms with E-state index in [1.54, 1.807) is 86.3 Å². The third-order valence-corrected chi connectivity index (χ3v) is 17.5. The van der Waals surface area contributed by atoms with E-state index in [0.29, 0.717) is 76.1 Å². The Hall–Kier alpha value is -6.52. The van der Waals surface area contributed by atoms with Crippen LogP contribution in [0.2, 0.25) is 0 Å². The highest BCUT2D eigenvalue weighted by molar-refractivity contribution is 5.96. The summed E-state index contributed by atoms with van der Waals surface area (Å²) in [5.41, 5.74) is 4.39. The Labute approximate surface area is 472 Å². The van der Waals surface area contributed by atoms with Crippen LogP contribution < -0.4 is 21.3 Å². The second-order valence-electron chi connectivity index (χ2n) is 22.9. The lowest BCUT2D eigenvalue weighted by Crippen LogP contribution is -2.57. The molecule has 0 radical (unpaired) electrons. The van der Waals surface area contributed by atoms with Crippen LogP contribution in [0.15, 0.2) is 97.1 Å². The second kappa shape index (κ2) is 28.8. The standard InChI is InChI=1S/C64H84F2N8O6/c1-43(67-3)59(75)69-57(49-13-7-5-8-14-49)63(79)73-37-11-17-55(73)41-71(39-35-45-19-31-53(65)32-20-45)61(77)51-27-23-47(24-28-51)48-25-29-52(30-26-48)62(78)72(40-36-46-21-33-54(66)34-22-46)42-56-18-12-38-74(56)64(80)58(50-15-9-6-10-16-50)70-60(76)44(2)68-4/h19-34,43-44,49-50,55-58,67-68H,5-18,35-42H2,1-4H3,(H,69,75)(H,70,76)/t43-,44-,55-,56+,57-,58-/m0/s1. The summed E-state index contributed by atoms with van der Waals surface area (Å²) in [6.07, 6.45) is 13.7. The molecule has 4 aromatic rings. The van der Waals surface area contributed by atoms with Gasteiger partial charge in [0.2, 0.25) is 23.6 Å². The molecule has 8 rings (SSSR count). The van der Waals surface area contributed by atoms with Crippen LogP contribution in [-0.4, -0.2) is 145 Å². The summed E-state index contributed by atoms with van der Waals surface area (Å²) in [6, 6.07) is 24.6. The molecule has 80 heavy (non-hydrogen) atoms. The van der Waals surface area contributed by atoms with Crippen LogP contribution >= 0.6 is 0 Å². The fourth-order valence-electron chi connectivity index (χ4n) is 12.4. The molecular formula is C64H84F2N8O6. The fourth-order valence-corrected chi connectivity index (χ4v) is 12.4. The molecule has 0 spiro atoms. The summed E-state index contributed by atoms with van der Waals surface area (Å²) in [6.45, 7) is 5.92. The van der Waals surface area contributed by atoms with Crippen molar-refractivity contribution in [3.05, 3.63) is 131 Å². The van der Waals surface area contributed by atoms with E-state index < -0.39 is 24.2 Å². The smallest absolute Gasteiger partial charge is 0.253 e. The van der Waals surface area contributed by atoms with Crippen LogP contribution in [-0.2, 0) is 32.0 Å². The first kappa shape index (κ1) is 59.6. The summed E-state index contributed by atoms with van der Waals surface area (Å²) < 4.78 is 27.9. The molecule has 4 aliphatic rings. The van der Waals surface area contributed by atoms with E-state index in [9.17, 15) is 37.5 Å². The van der Waals surface area contributed by atoms with Gasteiger partial charge < -0.3 is 40.9 Å². The summed E-state index contributed by atoms with van der Waals surface area (Å²) in [7, 11) is 3.45. The molecule has 16 heteroatoms. The van der Waals surface area contributed by atoms with Gasteiger partial charge in [0.25, 0.3) is 11.8 Å². The predicted molar refractivity (Wildman–Crippen MR) is 307 cm³/mol. The number of nitrogens with zero attached hydrogens (tertiary/aromatic N) is 4. The van der Waals surface area contributed by atoms with Crippen molar-refractivity contribution in [2.75, 3.05) is 53.4 Å². The number of halogens is 2. The zero-order valence-corrected chi connectivity index (χ0v) is 47.4. The number of likely N-dealkylation sites (N-methyl/N-ethyl adjacent to an activating group) is 2. The van der Waals surface area contributed by atoms with Crippen molar-refractivity contribution >= 4 is 35.4 Å². The molecule has 4 N–H and O–H groups in total. The van der Waals surface area contributed by atoms with Crippen molar-refractivity contribution in [3.8, 4) is 11.1 Å². The average molecular weight is 1100 g/mol. The van der Waals surface area contributed by atoms with Crippen LogP contribution in [0.4, 0.5) is 8.78 Å². The van der Waals surface area contributed by atoms with Crippen molar-refractivity contribution in [1.82, 2.24) is 40.9 Å². The first-order valence-corrected chi connectivity index (χ1v) is 29.6. The number of benzene rings is 4. The molecule has 0 bridgehead atoms. The molecule has 430 valence electrons. The third kappa shape index (κ3) is 15.5. The Balaban J connectivity index is 0.979. The SMILES string of the molecule is CN[C@@H](C)C(=O)N[C@H](C(=O)N1CCC[C@@H]1CN(CCc1ccc(F)cc1)C(=O)c1ccc(-c2ccc(C(=O)N(CCc3ccc(F)cc3)C[C@@H]3CCCN3C(=O)[C@@H](NC(=O)[C@H](C)NC)C3CCCCC3)cc2)cc1)C1CCCCC1. The van der Waals surface area contributed by atoms with Crippen molar-refractivity contribution in [1.29, 1.82) is 0 Å². The van der Waals surface area contributed by atoms with Gasteiger partial charge >= 0.3 is 0 Å². The van der Waals surface area contributed by atoms with Gasteiger partial charge in [-0.3, -0.25) is 28.8 Å². The summed E-state index contributed by atoms with van der Waals surface area (Å²) in [5.74, 6) is -1.59. The van der Waals surface area contributed by atoms with Crippen LogP contribution in [0.25, 0.3) is 11.1 Å². The van der Waals surface area contributed by atoms with E-state index in [2.05, 4.69) is 21.3 Å². The highest BCUT2D eigenvalue weighted by Crippen LogP contribution is 2.32. The maximum absolute atomic E-state index is 14.7. The third-order valence-electron chi connectivity index (χ3n) is 17.5. The maximum atomic E-state index is 14.7. The zero-order valence-electron chi connectivity index (χ0n) is 47.4. The number of hydrogen-bond acceptors (Lipinski definition) is 8. The van der Waals surface area contributed by atoms with Crippen molar-refractivity contribution < 1.29 is 37.5 Å². The van der Waals surface area contributed by atoms with E-state index in [4.69, 9.17) is 0 Å². The zero-order chi connectivity index (χ0) is 56.7. The number of hydrogen-bond donors (Lipinski definition) is 4. The molecule has 4 aromatic carbocycles. The topological polar surface area (TPSA) is 163 Å². The van der Waals surface area contributed by atoms with Gasteiger partial charge in [-0.15, -0.1) is 0 Å². The Morgan fingerprint density at radius 3 is 1.18 bits per heavy atom. The van der Waals surface area contributed by atoms with E-state index in [1.165, 1.54) is 24.3 Å². The van der Waals surface area contributed by atoms with Crippen LogP contribution in [0, 0.1) is 23.5 Å². The second-order valence-corrected chi connectivity index (χ2v) is 22.9. The molecule has 2 aliphatic carbocycles. The van der Waals surface area contributed by atoms with Crippen LogP contribution in [0.3, 0.4) is 0 Å². The van der Waals surface area contributed by atoms with Gasteiger partial charge in [-0.2, -0.15) is 0 Å². The lowest BCUT2D eigenvalue weighted by atomic mass is 9.83. The minimum absolute atomic E-state index is 0.0388. The monoisotopic (exact) mass is 1100 g/mol. The van der Waals surface area contributed by atoms with Gasteiger partial charge in [0.15, 0.2) is 0 Å². The molecule has 2 aliphatic heterocycles. The minimum Gasteiger partial charge on any atom is -0.343 e. The minimum atomic E-state index is -0.645. The van der Waals surface area contributed by atoms with Gasteiger partial charge in [-0.25, -0.2) is 8.78 Å². The molecule has 4 fully saturated rings. The Morgan fingerprint density at radius 2 is 0.838 bits per heavy atom. The summed E-state index contributed by atoms with van der Waals surface area (Å²) in [4.78, 5) is 92.4. The molecule has 2 saturated carbocycles. The normalized spacial score (nSPS) is 19.4. The predicted octanol–water partition coefficient (Wildman–Crippen LogP) is 8.33. The molecular weight excluding hydrogens is 1010 g/mol. The summed E-state index contributed by atoms with van der Waals surface area (Å²) >= 11 is 0. The van der Waals surface area contributed by atoms with Crippen LogP contribution in [0.1, 0.15) is 136 Å². The van der Waals surface area contributed by atoms with Gasteiger partial charge in [0.1, 0.15) is 23.7 Å². The number of carbonyl (C=O) groups is 6. The lowest BCUT2D eigenvalue weighted by molar-refractivity contribution is -0.139. The average Bonchev–Trinajstić information content (AvgIpc) is 4.18. The summed E-state index contributed by atoms with van der Waals surface area (Å²) in [5, 5.41) is 12.2. The first-order chi connectivity index (χ1) is 38.7. The van der Waals surface area contributed by atoms with Gasteiger partial charge in [-0.05, 0) is 175 Å². The largest absolute Gasteiger partial charge is 0.343 e. The lowest BCUT2D eigenvalue weighted by Gasteiger charge is -2.37. The van der Waals surface area contributed by atoms with E-state index >= 15 is 0 Å². The van der Waals surface area contributed by atoms with E-state index in [1.807, 2.05) is 34.1 Å². The number of amides is 6. The van der Waals surface area contributed by atoms with Crippen molar-refractivity contribution in [2.24, 2.45) is 11.8 Å².